The molecule has 1 saturated heterocycles. The molecule has 1 N–H and O–H groups in total. The molecule has 1 aliphatic rings. The van der Waals surface area contributed by atoms with Gasteiger partial charge in [0.1, 0.15) is 4.21 Å². The number of nitrogens with one attached hydrogen (secondary N) is 1. The molecule has 1 fully saturated rings. The number of anilines is 1. The molecule has 2 heterocycles. The van der Waals surface area contributed by atoms with Crippen LogP contribution in [0, 0.1) is 6.92 Å². The lowest BCUT2D eigenvalue weighted by atomic mass is 9.99. The van der Waals surface area contributed by atoms with Crippen LogP contribution in [-0.4, -0.2) is 45.4 Å². The topological polar surface area (TPSA) is 69.7 Å². The molecule has 1 aromatic heterocycles. The number of benzene rings is 4. The van der Waals surface area contributed by atoms with Gasteiger partial charge in [0.15, 0.2) is 0 Å². The van der Waals surface area contributed by atoms with Crippen molar-refractivity contribution >= 4 is 70.6 Å². The Kier molecular flexibility index (Phi) is 8.62. The largest absolute Gasteiger partial charge is 0.369 e. The predicted molar refractivity (Wildman–Crippen MR) is 180 cm³/mol. The van der Waals surface area contributed by atoms with Crippen LogP contribution in [0.5, 0.6) is 0 Å². The lowest BCUT2D eigenvalue weighted by molar-refractivity contribution is 0.0981. The molecule has 6 nitrogen and oxygen atoms in total. The summed E-state index contributed by atoms with van der Waals surface area (Å²) in [4.78, 5) is 17.7. The lowest BCUT2D eigenvalue weighted by Crippen LogP contribution is -2.46. The van der Waals surface area contributed by atoms with Crippen molar-refractivity contribution in [3.05, 3.63) is 117 Å². The van der Waals surface area contributed by atoms with E-state index in [2.05, 4.69) is 66.9 Å². The first-order valence-corrected chi connectivity index (χ1v) is 17.3. The maximum absolute atomic E-state index is 13.1. The minimum Gasteiger partial charge on any atom is -0.369 e. The maximum atomic E-state index is 13.1. The minimum atomic E-state index is -4.02. The summed E-state index contributed by atoms with van der Waals surface area (Å²) >= 11 is 10.7. The monoisotopic (exact) mass is 693 g/mol. The summed E-state index contributed by atoms with van der Waals surface area (Å²) in [6.07, 6.45) is 0. The zero-order chi connectivity index (χ0) is 30.1. The Hall–Kier alpha value is -3.21. The third-order valence-electron chi connectivity index (χ3n) is 7.76. The van der Waals surface area contributed by atoms with E-state index in [0.717, 1.165) is 74.9 Å². The summed E-state index contributed by atoms with van der Waals surface area (Å²) in [6, 6.07) is 29.2. The highest BCUT2D eigenvalue weighted by molar-refractivity contribution is 9.10. The second-order valence-corrected chi connectivity index (χ2v) is 14.8. The molecule has 0 atom stereocenters. The van der Waals surface area contributed by atoms with E-state index in [1.807, 2.05) is 42.5 Å². The second kappa shape index (κ2) is 12.4. The average molecular weight is 695 g/mol. The quantitative estimate of drug-likeness (QED) is 0.189. The van der Waals surface area contributed by atoms with Crippen LogP contribution < -0.4 is 9.62 Å². The van der Waals surface area contributed by atoms with Crippen LogP contribution in [0.1, 0.15) is 21.5 Å². The van der Waals surface area contributed by atoms with Gasteiger partial charge in [0.25, 0.3) is 15.9 Å². The van der Waals surface area contributed by atoms with Crippen molar-refractivity contribution in [2.45, 2.75) is 17.7 Å². The molecule has 5 aromatic rings. The van der Waals surface area contributed by atoms with Crippen molar-refractivity contribution in [2.75, 3.05) is 31.1 Å². The van der Waals surface area contributed by atoms with E-state index in [1.165, 1.54) is 11.1 Å². The van der Waals surface area contributed by atoms with E-state index < -0.39 is 15.9 Å². The van der Waals surface area contributed by atoms with Gasteiger partial charge in [-0.05, 0) is 89.2 Å². The van der Waals surface area contributed by atoms with E-state index in [-0.39, 0.29) is 4.21 Å². The predicted octanol–water partition coefficient (Wildman–Crippen LogP) is 7.73. The first-order valence-electron chi connectivity index (χ1n) is 13.8. The van der Waals surface area contributed by atoms with E-state index in [9.17, 15) is 13.2 Å². The molecular weight excluding hydrogens is 666 g/mol. The third-order valence-corrected chi connectivity index (χ3v) is 11.7. The van der Waals surface area contributed by atoms with Gasteiger partial charge in [-0.3, -0.25) is 9.69 Å². The third kappa shape index (κ3) is 6.51. The highest BCUT2D eigenvalue weighted by atomic mass is 79.9. The molecule has 0 bridgehead atoms. The number of nitrogens with zero attached hydrogens (tertiary/aromatic N) is 2. The molecule has 6 rings (SSSR count). The average Bonchev–Trinajstić information content (AvgIpc) is 3.34. The van der Waals surface area contributed by atoms with Gasteiger partial charge in [0, 0.05) is 58.2 Å². The van der Waals surface area contributed by atoms with Crippen LogP contribution in [0.2, 0.25) is 5.02 Å². The fourth-order valence-electron chi connectivity index (χ4n) is 5.45. The summed E-state index contributed by atoms with van der Waals surface area (Å²) in [6.45, 7) is 6.13. The van der Waals surface area contributed by atoms with E-state index in [4.69, 9.17) is 11.6 Å². The fourth-order valence-corrected chi connectivity index (χ4v) is 8.66. The Morgan fingerprint density at radius 3 is 2.35 bits per heavy atom. The Morgan fingerprint density at radius 1 is 0.930 bits per heavy atom. The summed E-state index contributed by atoms with van der Waals surface area (Å²) in [7, 11) is -4.02. The first kappa shape index (κ1) is 29.8. The van der Waals surface area contributed by atoms with Gasteiger partial charge >= 0.3 is 0 Å². The van der Waals surface area contributed by atoms with E-state index in [0.29, 0.717) is 11.1 Å². The molecule has 0 saturated carbocycles. The molecule has 0 unspecified atom stereocenters. The van der Waals surface area contributed by atoms with Gasteiger partial charge in [0.2, 0.25) is 0 Å². The van der Waals surface area contributed by atoms with E-state index >= 15 is 0 Å². The second-order valence-electron chi connectivity index (χ2n) is 10.6. The van der Waals surface area contributed by atoms with Crippen LogP contribution >= 0.6 is 38.9 Å². The Morgan fingerprint density at radius 2 is 1.63 bits per heavy atom. The van der Waals surface area contributed by atoms with Gasteiger partial charge in [-0.2, -0.15) is 0 Å². The van der Waals surface area contributed by atoms with Gasteiger partial charge in [0.05, 0.1) is 0 Å². The standard InChI is InChI=1S/C33H29BrClN3O3S2/c1-22-30-20-26(34)10-15-31(30)42-33(22)43(40,41)36-32(39)24-8-13-28(14-9-24)38-18-16-37(17-19-38)21-25-4-2-3-5-29(25)23-6-11-27(35)12-7-23/h2-15,20H,16-19,21H2,1H3,(H,36,39). The number of hydrogen-bond donors (Lipinski definition) is 1. The highest BCUT2D eigenvalue weighted by Gasteiger charge is 2.25. The Balaban J connectivity index is 1.08. The van der Waals surface area contributed by atoms with Gasteiger partial charge in [-0.15, -0.1) is 11.3 Å². The van der Waals surface area contributed by atoms with Crippen LogP contribution in [0.15, 0.2) is 99.7 Å². The molecule has 1 amide bonds. The molecule has 0 radical (unpaired) electrons. The normalized spacial score (nSPS) is 14.3. The molecule has 1 aliphatic heterocycles. The van der Waals surface area contributed by atoms with Crippen molar-refractivity contribution in [1.29, 1.82) is 0 Å². The zero-order valence-corrected chi connectivity index (χ0v) is 27.4. The number of halogens is 2. The number of rotatable bonds is 7. The molecule has 10 heteroatoms. The molecule has 0 aliphatic carbocycles. The van der Waals surface area contributed by atoms with Gasteiger partial charge in [-0.1, -0.05) is 63.9 Å². The zero-order valence-electron chi connectivity index (χ0n) is 23.4. The molecule has 4 aromatic carbocycles. The van der Waals surface area contributed by atoms with Crippen LogP contribution in [-0.2, 0) is 16.6 Å². The highest BCUT2D eigenvalue weighted by Crippen LogP contribution is 2.35. The Bertz CT molecular complexity index is 1900. The SMILES string of the molecule is Cc1c(S(=O)(=O)NC(=O)c2ccc(N3CCN(Cc4ccccc4-c4ccc(Cl)cc4)CC3)cc2)sc2ccc(Br)cc12. The fraction of sp³-hybridized carbons (Fsp3) is 0.182. The van der Waals surface area contributed by atoms with Crippen LogP contribution in [0.25, 0.3) is 21.2 Å². The summed E-state index contributed by atoms with van der Waals surface area (Å²) in [5.41, 5.74) is 5.58. The number of piperazine rings is 1. The van der Waals surface area contributed by atoms with Crippen molar-refractivity contribution in [3.8, 4) is 11.1 Å². The molecule has 43 heavy (non-hydrogen) atoms. The molecule has 220 valence electrons. The van der Waals surface area contributed by atoms with Crippen molar-refractivity contribution in [1.82, 2.24) is 9.62 Å². The minimum absolute atomic E-state index is 0.152. The molecule has 0 spiro atoms. The van der Waals surface area contributed by atoms with Crippen molar-refractivity contribution < 1.29 is 13.2 Å². The Labute approximate surface area is 269 Å². The number of hydrogen-bond acceptors (Lipinski definition) is 6. The number of aryl methyl sites for hydroxylation is 1. The van der Waals surface area contributed by atoms with E-state index in [1.54, 1.807) is 19.1 Å². The number of amides is 1. The number of fused-ring (bicyclic) bond motifs is 1. The van der Waals surface area contributed by atoms with Crippen molar-refractivity contribution in [3.63, 3.8) is 0 Å². The van der Waals surface area contributed by atoms with Gasteiger partial charge < -0.3 is 4.90 Å². The summed E-state index contributed by atoms with van der Waals surface area (Å²) in [5, 5.41) is 1.58. The van der Waals surface area contributed by atoms with Crippen molar-refractivity contribution in [2.24, 2.45) is 0 Å². The number of carbonyl (C=O) groups is 1. The smallest absolute Gasteiger partial charge is 0.274 e. The number of thiophene rings is 1. The lowest BCUT2D eigenvalue weighted by Gasteiger charge is -2.36. The maximum Gasteiger partial charge on any atom is 0.274 e. The summed E-state index contributed by atoms with van der Waals surface area (Å²) in [5.74, 6) is -0.645. The molecular formula is C33H29BrClN3O3S2. The van der Waals surface area contributed by atoms with Crippen LogP contribution in [0.3, 0.4) is 0 Å². The number of sulfonamides is 1. The first-order chi connectivity index (χ1) is 20.7. The van der Waals surface area contributed by atoms with Gasteiger partial charge in [-0.25, -0.2) is 13.1 Å². The number of carbonyl (C=O) groups excluding carboxylic acids is 1. The van der Waals surface area contributed by atoms with Crippen LogP contribution in [0.4, 0.5) is 5.69 Å². The summed E-state index contributed by atoms with van der Waals surface area (Å²) < 4.78 is 30.4.